The molecule has 7 nitrogen and oxygen atoms in total. The lowest BCUT2D eigenvalue weighted by molar-refractivity contribution is -0.115. The van der Waals surface area contributed by atoms with Gasteiger partial charge in [-0.3, -0.25) is 4.79 Å². The quantitative estimate of drug-likeness (QED) is 0.443. The van der Waals surface area contributed by atoms with E-state index in [9.17, 15) is 13.2 Å². The number of hydrogen-bond acceptors (Lipinski definition) is 5. The minimum Gasteiger partial charge on any atom is -0.497 e. The third-order valence-electron chi connectivity index (χ3n) is 4.76. The van der Waals surface area contributed by atoms with E-state index in [1.165, 1.54) is 26.4 Å². The molecule has 0 heterocycles. The number of ether oxygens (including phenoxy) is 2. The van der Waals surface area contributed by atoms with E-state index in [-0.39, 0.29) is 10.6 Å². The molecule has 0 radical (unpaired) electrons. The summed E-state index contributed by atoms with van der Waals surface area (Å²) >= 11 is 12.4. The maximum atomic E-state index is 12.8. The van der Waals surface area contributed by atoms with Crippen molar-refractivity contribution in [2.45, 2.75) is 11.3 Å². The third kappa shape index (κ3) is 6.39. The van der Waals surface area contributed by atoms with Crippen molar-refractivity contribution in [1.29, 1.82) is 0 Å². The van der Waals surface area contributed by atoms with Gasteiger partial charge in [0.2, 0.25) is 15.9 Å². The molecule has 0 fully saturated rings. The molecule has 0 aliphatic carbocycles. The number of carbonyl (C=O) groups is 1. The fourth-order valence-electron chi connectivity index (χ4n) is 3.10. The average molecular weight is 509 g/mol. The second-order valence-corrected chi connectivity index (χ2v) is 9.54. The lowest BCUT2D eigenvalue weighted by atomic mass is 10.0. The van der Waals surface area contributed by atoms with Crippen LogP contribution in [0.4, 0.5) is 5.69 Å². The van der Waals surface area contributed by atoms with Crippen molar-refractivity contribution in [1.82, 2.24) is 4.72 Å². The van der Waals surface area contributed by atoms with Gasteiger partial charge in [0.15, 0.2) is 0 Å². The van der Waals surface area contributed by atoms with Gasteiger partial charge >= 0.3 is 0 Å². The fraction of sp³-hybridized carbons (Fsp3) is 0.174. The van der Waals surface area contributed by atoms with Gasteiger partial charge in [0.1, 0.15) is 16.4 Å². The number of anilines is 1. The van der Waals surface area contributed by atoms with Crippen molar-refractivity contribution in [2.75, 3.05) is 26.1 Å². The summed E-state index contributed by atoms with van der Waals surface area (Å²) in [5.41, 5.74) is 2.10. The van der Waals surface area contributed by atoms with Crippen LogP contribution in [0.25, 0.3) is 0 Å². The van der Waals surface area contributed by atoms with Crippen LogP contribution in [0.2, 0.25) is 10.0 Å². The molecule has 0 aliphatic heterocycles. The molecular formula is C23H22Cl2N2O5S. The number of amides is 1. The number of sulfonamides is 1. The predicted molar refractivity (Wildman–Crippen MR) is 129 cm³/mol. The van der Waals surface area contributed by atoms with Gasteiger partial charge in [0.25, 0.3) is 0 Å². The molecule has 1 amide bonds. The van der Waals surface area contributed by atoms with E-state index in [2.05, 4.69) is 10.0 Å². The van der Waals surface area contributed by atoms with Crippen LogP contribution in [-0.2, 0) is 21.2 Å². The lowest BCUT2D eigenvalue weighted by Crippen LogP contribution is -2.33. The lowest BCUT2D eigenvalue weighted by Gasteiger charge is -2.14. The number of methoxy groups -OCH3 is 2. The molecule has 2 N–H and O–H groups in total. The summed E-state index contributed by atoms with van der Waals surface area (Å²) in [6, 6.07) is 16.7. The van der Waals surface area contributed by atoms with Gasteiger partial charge in [0, 0.05) is 28.2 Å². The SMILES string of the molecule is COc1ccc(OC)c(S(=O)(=O)NCC(=O)Nc2ccc(Cl)cc2Cc2ccccc2Cl)c1. The van der Waals surface area contributed by atoms with Crippen LogP contribution in [0, 0.1) is 0 Å². The highest BCUT2D eigenvalue weighted by Gasteiger charge is 2.22. The number of carbonyl (C=O) groups excluding carboxylic acids is 1. The van der Waals surface area contributed by atoms with Crippen molar-refractivity contribution in [2.24, 2.45) is 0 Å². The summed E-state index contributed by atoms with van der Waals surface area (Å²) in [6.07, 6.45) is 0.433. The van der Waals surface area contributed by atoms with Gasteiger partial charge in [0.05, 0.1) is 20.8 Å². The molecule has 10 heteroatoms. The zero-order valence-corrected chi connectivity index (χ0v) is 20.2. The predicted octanol–water partition coefficient (Wildman–Crippen LogP) is 4.52. The molecule has 3 rings (SSSR count). The first-order valence-electron chi connectivity index (χ1n) is 9.77. The maximum Gasteiger partial charge on any atom is 0.244 e. The van der Waals surface area contributed by atoms with E-state index >= 15 is 0 Å². The summed E-state index contributed by atoms with van der Waals surface area (Å²) in [5.74, 6) is -0.0855. The second kappa shape index (κ2) is 10.9. The molecule has 0 aromatic heterocycles. The topological polar surface area (TPSA) is 93.7 Å². The molecule has 0 atom stereocenters. The highest BCUT2D eigenvalue weighted by Crippen LogP contribution is 2.28. The van der Waals surface area contributed by atoms with Crippen LogP contribution in [0.5, 0.6) is 11.5 Å². The van der Waals surface area contributed by atoms with Crippen LogP contribution in [0.15, 0.2) is 65.6 Å². The Morgan fingerprint density at radius 3 is 2.39 bits per heavy atom. The van der Waals surface area contributed by atoms with Crippen LogP contribution >= 0.6 is 23.2 Å². The van der Waals surface area contributed by atoms with Gasteiger partial charge in [-0.15, -0.1) is 0 Å². The molecule has 3 aromatic carbocycles. The van der Waals surface area contributed by atoms with Crippen LogP contribution in [0.3, 0.4) is 0 Å². The monoisotopic (exact) mass is 508 g/mol. The van der Waals surface area contributed by atoms with Crippen molar-refractivity contribution in [3.05, 3.63) is 81.8 Å². The number of nitrogens with one attached hydrogen (secondary N) is 2. The zero-order valence-electron chi connectivity index (χ0n) is 17.9. The molecule has 0 aliphatic rings. The standard InChI is InChI=1S/C23H22Cl2N2O5S/c1-31-18-8-10-21(32-2)22(13-18)33(29,30)26-14-23(28)27-20-9-7-17(24)12-16(20)11-15-5-3-4-6-19(15)25/h3-10,12-13,26H,11,14H2,1-2H3,(H,27,28). The number of rotatable bonds is 9. The smallest absolute Gasteiger partial charge is 0.244 e. The van der Waals surface area contributed by atoms with Crippen LogP contribution in [-0.4, -0.2) is 35.1 Å². The van der Waals surface area contributed by atoms with Gasteiger partial charge in [-0.1, -0.05) is 41.4 Å². The minimum atomic E-state index is -4.05. The molecular weight excluding hydrogens is 487 g/mol. The van der Waals surface area contributed by atoms with Gasteiger partial charge in [-0.2, -0.15) is 0 Å². The van der Waals surface area contributed by atoms with E-state index in [0.717, 1.165) is 11.1 Å². The van der Waals surface area contributed by atoms with E-state index in [1.807, 2.05) is 18.2 Å². The maximum absolute atomic E-state index is 12.8. The molecule has 3 aromatic rings. The van der Waals surface area contributed by atoms with E-state index in [1.54, 1.807) is 30.3 Å². The fourth-order valence-corrected chi connectivity index (χ4v) is 4.67. The van der Waals surface area contributed by atoms with E-state index in [4.69, 9.17) is 32.7 Å². The van der Waals surface area contributed by atoms with Crippen molar-refractivity contribution in [3.8, 4) is 11.5 Å². The molecule has 174 valence electrons. The first-order chi connectivity index (χ1) is 15.7. The Balaban J connectivity index is 1.75. The summed E-state index contributed by atoms with van der Waals surface area (Å²) in [4.78, 5) is 12.4. The van der Waals surface area contributed by atoms with Gasteiger partial charge < -0.3 is 14.8 Å². The summed E-state index contributed by atoms with van der Waals surface area (Å²) < 4.78 is 38.0. The third-order valence-corrected chi connectivity index (χ3v) is 6.79. The number of hydrogen-bond donors (Lipinski definition) is 2. The molecule has 0 bridgehead atoms. The Morgan fingerprint density at radius 2 is 1.70 bits per heavy atom. The largest absolute Gasteiger partial charge is 0.497 e. The van der Waals surface area contributed by atoms with E-state index in [0.29, 0.717) is 27.9 Å². The molecule has 0 saturated carbocycles. The summed E-state index contributed by atoms with van der Waals surface area (Å²) in [5, 5.41) is 3.82. The first-order valence-corrected chi connectivity index (χ1v) is 12.0. The Bertz CT molecular complexity index is 1270. The Morgan fingerprint density at radius 1 is 0.939 bits per heavy atom. The summed E-state index contributed by atoms with van der Waals surface area (Å²) in [7, 11) is -1.27. The van der Waals surface area contributed by atoms with Crippen molar-refractivity contribution < 1.29 is 22.7 Å². The highest BCUT2D eigenvalue weighted by atomic mass is 35.5. The van der Waals surface area contributed by atoms with Crippen molar-refractivity contribution in [3.63, 3.8) is 0 Å². The van der Waals surface area contributed by atoms with Gasteiger partial charge in [-0.25, -0.2) is 13.1 Å². The Kier molecular flexibility index (Phi) is 8.20. The molecule has 0 unspecified atom stereocenters. The minimum absolute atomic E-state index is 0.128. The first kappa shape index (κ1) is 24.9. The highest BCUT2D eigenvalue weighted by molar-refractivity contribution is 7.89. The number of halogens is 2. The molecule has 0 spiro atoms. The Hall–Kier alpha value is -2.78. The average Bonchev–Trinajstić information content (AvgIpc) is 2.80. The molecule has 33 heavy (non-hydrogen) atoms. The normalized spacial score (nSPS) is 11.2. The number of benzene rings is 3. The van der Waals surface area contributed by atoms with Gasteiger partial charge in [-0.05, 0) is 47.5 Å². The van der Waals surface area contributed by atoms with Crippen LogP contribution < -0.4 is 19.5 Å². The zero-order chi connectivity index (χ0) is 24.0. The van der Waals surface area contributed by atoms with Crippen molar-refractivity contribution >= 4 is 44.8 Å². The molecule has 0 saturated heterocycles. The van der Waals surface area contributed by atoms with Crippen LogP contribution in [0.1, 0.15) is 11.1 Å². The Labute approximate surface area is 202 Å². The second-order valence-electron chi connectivity index (χ2n) is 6.96. The summed E-state index contributed by atoms with van der Waals surface area (Å²) in [6.45, 7) is -0.489. The van der Waals surface area contributed by atoms with E-state index < -0.39 is 22.5 Å².